The van der Waals surface area contributed by atoms with Crippen LogP contribution in [0.25, 0.3) is 0 Å². The SMILES string of the molecule is CC(C)c1ccccc1OCc1nc(C(C)C)c(C#N)s1. The van der Waals surface area contributed by atoms with E-state index in [1.165, 1.54) is 16.9 Å². The Kier molecular flexibility index (Phi) is 4.98. The minimum Gasteiger partial charge on any atom is -0.486 e. The van der Waals surface area contributed by atoms with Crippen LogP contribution in [0, 0.1) is 11.3 Å². The highest BCUT2D eigenvalue weighted by molar-refractivity contribution is 7.12. The van der Waals surface area contributed by atoms with Gasteiger partial charge in [0.1, 0.15) is 28.3 Å². The van der Waals surface area contributed by atoms with E-state index in [-0.39, 0.29) is 5.92 Å². The Bertz CT molecular complexity index is 653. The Labute approximate surface area is 130 Å². The average Bonchev–Trinajstić information content (AvgIpc) is 2.89. The van der Waals surface area contributed by atoms with Gasteiger partial charge in [0.15, 0.2) is 0 Å². The van der Waals surface area contributed by atoms with Gasteiger partial charge in [-0.2, -0.15) is 5.26 Å². The molecule has 0 bridgehead atoms. The summed E-state index contributed by atoms with van der Waals surface area (Å²) in [7, 11) is 0. The lowest BCUT2D eigenvalue weighted by Gasteiger charge is -2.12. The summed E-state index contributed by atoms with van der Waals surface area (Å²) in [5.41, 5.74) is 2.07. The number of para-hydroxylation sites is 1. The zero-order valence-corrected chi connectivity index (χ0v) is 13.7. The summed E-state index contributed by atoms with van der Waals surface area (Å²) < 4.78 is 5.92. The Morgan fingerprint density at radius 2 is 1.90 bits per heavy atom. The predicted octanol–water partition coefficient (Wildman–Crippen LogP) is 4.84. The zero-order chi connectivity index (χ0) is 15.4. The number of hydrogen-bond acceptors (Lipinski definition) is 4. The molecule has 0 aliphatic rings. The molecule has 1 aromatic carbocycles. The van der Waals surface area contributed by atoms with Gasteiger partial charge in [0.25, 0.3) is 0 Å². The van der Waals surface area contributed by atoms with Crippen molar-refractivity contribution in [3.05, 3.63) is 45.4 Å². The molecule has 2 aromatic rings. The van der Waals surface area contributed by atoms with Crippen LogP contribution in [-0.4, -0.2) is 4.98 Å². The van der Waals surface area contributed by atoms with Gasteiger partial charge >= 0.3 is 0 Å². The van der Waals surface area contributed by atoms with Crippen LogP contribution in [0.15, 0.2) is 24.3 Å². The van der Waals surface area contributed by atoms with Crippen molar-refractivity contribution < 1.29 is 4.74 Å². The second-order valence-corrected chi connectivity index (χ2v) is 6.65. The van der Waals surface area contributed by atoms with Gasteiger partial charge < -0.3 is 4.74 Å². The van der Waals surface area contributed by atoms with Gasteiger partial charge in [-0.05, 0) is 23.5 Å². The molecule has 4 heteroatoms. The lowest BCUT2D eigenvalue weighted by Crippen LogP contribution is -2.00. The lowest BCUT2D eigenvalue weighted by molar-refractivity contribution is 0.301. The fourth-order valence-corrected chi connectivity index (χ4v) is 3.07. The first-order chi connectivity index (χ1) is 10.0. The molecule has 1 aromatic heterocycles. The summed E-state index contributed by atoms with van der Waals surface area (Å²) >= 11 is 1.42. The van der Waals surface area contributed by atoms with Gasteiger partial charge in [0.05, 0.1) is 5.69 Å². The van der Waals surface area contributed by atoms with E-state index >= 15 is 0 Å². The molecular weight excluding hydrogens is 280 g/mol. The first kappa shape index (κ1) is 15.5. The smallest absolute Gasteiger partial charge is 0.140 e. The lowest BCUT2D eigenvalue weighted by atomic mass is 10.0. The van der Waals surface area contributed by atoms with Gasteiger partial charge in [-0.25, -0.2) is 4.98 Å². The standard InChI is InChI=1S/C17H20N2OS/c1-11(2)13-7-5-6-8-14(13)20-10-16-19-17(12(3)4)15(9-18)21-16/h5-8,11-12H,10H2,1-4H3. The number of aromatic nitrogens is 1. The highest BCUT2D eigenvalue weighted by Gasteiger charge is 2.15. The molecule has 0 spiro atoms. The molecule has 3 nitrogen and oxygen atoms in total. The molecule has 21 heavy (non-hydrogen) atoms. The molecule has 1 heterocycles. The second kappa shape index (κ2) is 6.73. The molecule has 0 aliphatic heterocycles. The topological polar surface area (TPSA) is 45.9 Å². The molecule has 110 valence electrons. The van der Waals surface area contributed by atoms with E-state index in [2.05, 4.69) is 44.8 Å². The van der Waals surface area contributed by atoms with E-state index in [0.717, 1.165) is 16.5 Å². The van der Waals surface area contributed by atoms with Crippen molar-refractivity contribution in [3.63, 3.8) is 0 Å². The fraction of sp³-hybridized carbons (Fsp3) is 0.412. The third kappa shape index (κ3) is 3.62. The van der Waals surface area contributed by atoms with Gasteiger partial charge in [-0.1, -0.05) is 45.9 Å². The van der Waals surface area contributed by atoms with Crippen molar-refractivity contribution in [2.45, 2.75) is 46.1 Å². The minimum absolute atomic E-state index is 0.257. The summed E-state index contributed by atoms with van der Waals surface area (Å²) in [6.45, 7) is 8.81. The summed E-state index contributed by atoms with van der Waals surface area (Å²) in [6.07, 6.45) is 0. The zero-order valence-electron chi connectivity index (χ0n) is 12.9. The molecule has 0 atom stereocenters. The number of benzene rings is 1. The van der Waals surface area contributed by atoms with Crippen molar-refractivity contribution in [3.8, 4) is 11.8 Å². The maximum atomic E-state index is 9.16. The van der Waals surface area contributed by atoms with Crippen LogP contribution in [0.2, 0.25) is 0 Å². The second-order valence-electron chi connectivity index (χ2n) is 5.57. The van der Waals surface area contributed by atoms with Crippen LogP contribution < -0.4 is 4.74 Å². The first-order valence-corrected chi connectivity index (χ1v) is 7.96. The molecule has 0 N–H and O–H groups in total. The molecule has 0 aliphatic carbocycles. The van der Waals surface area contributed by atoms with Crippen LogP contribution in [0.5, 0.6) is 5.75 Å². The van der Waals surface area contributed by atoms with Crippen LogP contribution >= 0.6 is 11.3 Å². The van der Waals surface area contributed by atoms with Crippen molar-refractivity contribution >= 4 is 11.3 Å². The van der Waals surface area contributed by atoms with E-state index in [9.17, 15) is 0 Å². The van der Waals surface area contributed by atoms with Crippen molar-refractivity contribution in [1.82, 2.24) is 4.98 Å². The maximum Gasteiger partial charge on any atom is 0.140 e. The average molecular weight is 300 g/mol. The summed E-state index contributed by atoms with van der Waals surface area (Å²) in [5.74, 6) is 1.57. The van der Waals surface area contributed by atoms with E-state index in [1.54, 1.807) is 0 Å². The molecule has 2 rings (SSSR count). The van der Waals surface area contributed by atoms with Gasteiger partial charge in [-0.15, -0.1) is 11.3 Å². The largest absolute Gasteiger partial charge is 0.486 e. The first-order valence-electron chi connectivity index (χ1n) is 7.14. The Morgan fingerprint density at radius 1 is 1.19 bits per heavy atom. The molecular formula is C17H20N2OS. The molecule has 0 fully saturated rings. The van der Waals surface area contributed by atoms with Gasteiger partial charge in [0, 0.05) is 0 Å². The van der Waals surface area contributed by atoms with E-state index in [1.807, 2.05) is 18.2 Å². The van der Waals surface area contributed by atoms with Crippen LogP contribution in [-0.2, 0) is 6.61 Å². The fourth-order valence-electron chi connectivity index (χ4n) is 2.14. The number of rotatable bonds is 5. The van der Waals surface area contributed by atoms with Crippen molar-refractivity contribution in [1.29, 1.82) is 5.26 Å². The van der Waals surface area contributed by atoms with Crippen LogP contribution in [0.3, 0.4) is 0 Å². The normalized spacial score (nSPS) is 10.9. The molecule has 0 radical (unpaired) electrons. The molecule has 0 saturated carbocycles. The van der Waals surface area contributed by atoms with Crippen LogP contribution in [0.4, 0.5) is 0 Å². The number of hydrogen-bond donors (Lipinski definition) is 0. The predicted molar refractivity (Wildman–Crippen MR) is 85.8 cm³/mol. The molecule has 0 saturated heterocycles. The van der Waals surface area contributed by atoms with E-state index < -0.39 is 0 Å². The quantitative estimate of drug-likeness (QED) is 0.793. The summed E-state index contributed by atoms with van der Waals surface area (Å²) in [4.78, 5) is 5.24. The van der Waals surface area contributed by atoms with Crippen LogP contribution in [0.1, 0.15) is 60.7 Å². The number of nitriles is 1. The maximum absolute atomic E-state index is 9.16. The number of nitrogens with zero attached hydrogens (tertiary/aromatic N) is 2. The summed E-state index contributed by atoms with van der Waals surface area (Å²) in [6, 6.07) is 10.3. The number of thiazole rings is 1. The molecule has 0 unspecified atom stereocenters. The Hall–Kier alpha value is -1.86. The van der Waals surface area contributed by atoms with Gasteiger partial charge in [-0.3, -0.25) is 0 Å². The Balaban J connectivity index is 2.16. The minimum atomic E-state index is 0.257. The number of ether oxygens (including phenoxy) is 1. The Morgan fingerprint density at radius 3 is 2.48 bits per heavy atom. The third-order valence-corrected chi connectivity index (χ3v) is 4.19. The highest BCUT2D eigenvalue weighted by Crippen LogP contribution is 2.28. The highest BCUT2D eigenvalue weighted by atomic mass is 32.1. The van der Waals surface area contributed by atoms with Gasteiger partial charge in [0.2, 0.25) is 0 Å². The molecule has 0 amide bonds. The van der Waals surface area contributed by atoms with Crippen molar-refractivity contribution in [2.75, 3.05) is 0 Å². The third-order valence-electron chi connectivity index (χ3n) is 3.24. The van der Waals surface area contributed by atoms with Crippen molar-refractivity contribution in [2.24, 2.45) is 0 Å². The monoisotopic (exact) mass is 300 g/mol. The van der Waals surface area contributed by atoms with E-state index in [0.29, 0.717) is 17.4 Å². The van der Waals surface area contributed by atoms with E-state index in [4.69, 9.17) is 10.00 Å². The summed E-state index contributed by atoms with van der Waals surface area (Å²) in [5, 5.41) is 10.0.